The molecule has 1 heterocycles. The normalized spacial score (nSPS) is 19.3. The van der Waals surface area contributed by atoms with Gasteiger partial charge in [0.25, 0.3) is 0 Å². The first kappa shape index (κ1) is 16.3. The Labute approximate surface area is 136 Å². The number of nitrogens with one attached hydrogen (secondary N) is 1. The number of hydrogen-bond acceptors (Lipinski definition) is 4. The third-order valence-electron chi connectivity index (χ3n) is 4.23. The maximum Gasteiger partial charge on any atom is 0.232 e. The lowest BCUT2D eigenvalue weighted by atomic mass is 9.99. The second-order valence-corrected chi connectivity index (χ2v) is 8.04. The fourth-order valence-corrected chi connectivity index (χ4v) is 4.19. The molecule has 1 aromatic carbocycles. The van der Waals surface area contributed by atoms with E-state index < -0.39 is 10.0 Å². The predicted octanol–water partition coefficient (Wildman–Crippen LogP) is 1.98. The Bertz CT molecular complexity index is 679. The molecule has 2 fully saturated rings. The third kappa shape index (κ3) is 3.84. The number of anilines is 2. The van der Waals surface area contributed by atoms with Gasteiger partial charge in [0.1, 0.15) is 0 Å². The van der Waals surface area contributed by atoms with Crippen LogP contribution in [0.15, 0.2) is 24.3 Å². The first-order chi connectivity index (χ1) is 11.0. The Hall–Kier alpha value is -1.60. The van der Waals surface area contributed by atoms with E-state index >= 15 is 0 Å². The standard InChI is InChI=1S/C16H22N2O4S/c1-23(20,21)18(13-6-7-13)15-5-3-2-4-14(15)17-16(19)12-8-10-22-11-9-12/h2-5,12-13H,6-11H2,1H3,(H,17,19). The van der Waals surface area contributed by atoms with Crippen LogP contribution in [0, 0.1) is 5.92 Å². The molecule has 1 aliphatic carbocycles. The second-order valence-electron chi connectivity index (χ2n) is 6.18. The molecule has 0 radical (unpaired) electrons. The lowest BCUT2D eigenvalue weighted by Gasteiger charge is -2.26. The molecule has 7 heteroatoms. The number of hydrogen-bond donors (Lipinski definition) is 1. The van der Waals surface area contributed by atoms with Crippen molar-refractivity contribution in [1.29, 1.82) is 0 Å². The molecule has 1 amide bonds. The topological polar surface area (TPSA) is 75.7 Å². The van der Waals surface area contributed by atoms with Gasteiger partial charge in [0.05, 0.1) is 17.6 Å². The maximum absolute atomic E-state index is 12.4. The van der Waals surface area contributed by atoms with Gasteiger partial charge >= 0.3 is 0 Å². The van der Waals surface area contributed by atoms with Crippen LogP contribution in [0.4, 0.5) is 11.4 Å². The van der Waals surface area contributed by atoms with Crippen molar-refractivity contribution in [3.63, 3.8) is 0 Å². The van der Waals surface area contributed by atoms with Gasteiger partial charge in [-0.3, -0.25) is 9.10 Å². The lowest BCUT2D eigenvalue weighted by Crippen LogP contribution is -2.34. The van der Waals surface area contributed by atoms with Crippen LogP contribution in [-0.2, 0) is 19.6 Å². The maximum atomic E-state index is 12.4. The molecule has 23 heavy (non-hydrogen) atoms. The average Bonchev–Trinajstić information content (AvgIpc) is 3.33. The first-order valence-electron chi connectivity index (χ1n) is 7.94. The van der Waals surface area contributed by atoms with Crippen LogP contribution in [0.1, 0.15) is 25.7 Å². The summed E-state index contributed by atoms with van der Waals surface area (Å²) < 4.78 is 31.0. The number of para-hydroxylation sites is 2. The van der Waals surface area contributed by atoms with Crippen LogP contribution >= 0.6 is 0 Å². The molecule has 2 aliphatic rings. The highest BCUT2D eigenvalue weighted by molar-refractivity contribution is 7.92. The largest absolute Gasteiger partial charge is 0.381 e. The van der Waals surface area contributed by atoms with Crippen LogP contribution < -0.4 is 9.62 Å². The molecule has 3 rings (SSSR count). The van der Waals surface area contributed by atoms with Gasteiger partial charge < -0.3 is 10.1 Å². The molecule has 6 nitrogen and oxygen atoms in total. The summed E-state index contributed by atoms with van der Waals surface area (Å²) >= 11 is 0. The summed E-state index contributed by atoms with van der Waals surface area (Å²) in [5.74, 6) is -0.144. The number of sulfonamides is 1. The van der Waals surface area contributed by atoms with E-state index in [2.05, 4.69) is 5.32 Å². The van der Waals surface area contributed by atoms with Gasteiger partial charge in [-0.2, -0.15) is 0 Å². The van der Waals surface area contributed by atoms with Crippen LogP contribution in [0.5, 0.6) is 0 Å². The zero-order chi connectivity index (χ0) is 16.4. The summed E-state index contributed by atoms with van der Waals surface area (Å²) in [5.41, 5.74) is 1.11. The molecule has 1 aromatic rings. The zero-order valence-electron chi connectivity index (χ0n) is 13.2. The number of carbonyl (C=O) groups excluding carboxylic acids is 1. The Kier molecular flexibility index (Phi) is 4.59. The molecule has 0 bridgehead atoms. The minimum Gasteiger partial charge on any atom is -0.381 e. The molecule has 0 aromatic heterocycles. The van der Waals surface area contributed by atoms with Gasteiger partial charge in [-0.25, -0.2) is 8.42 Å². The van der Waals surface area contributed by atoms with E-state index in [1.807, 2.05) is 0 Å². The molecular weight excluding hydrogens is 316 g/mol. The number of benzene rings is 1. The van der Waals surface area contributed by atoms with Crippen molar-refractivity contribution < 1.29 is 17.9 Å². The number of rotatable bonds is 5. The van der Waals surface area contributed by atoms with Crippen LogP contribution in [0.2, 0.25) is 0 Å². The van der Waals surface area contributed by atoms with E-state index in [0.29, 0.717) is 37.4 Å². The second kappa shape index (κ2) is 6.49. The van der Waals surface area contributed by atoms with Gasteiger partial charge in [-0.05, 0) is 37.8 Å². The van der Waals surface area contributed by atoms with Crippen molar-refractivity contribution in [2.24, 2.45) is 5.92 Å². The van der Waals surface area contributed by atoms with E-state index in [0.717, 1.165) is 12.8 Å². The minimum atomic E-state index is -3.38. The summed E-state index contributed by atoms with van der Waals surface area (Å²) in [4.78, 5) is 12.4. The fourth-order valence-electron chi connectivity index (χ4n) is 2.92. The summed E-state index contributed by atoms with van der Waals surface area (Å²) in [5, 5.41) is 2.91. The number of ether oxygens (including phenoxy) is 1. The highest BCUT2D eigenvalue weighted by atomic mass is 32.2. The number of amides is 1. The van der Waals surface area contributed by atoms with Gasteiger partial charge in [0.2, 0.25) is 15.9 Å². The first-order valence-corrected chi connectivity index (χ1v) is 9.78. The van der Waals surface area contributed by atoms with E-state index in [4.69, 9.17) is 4.74 Å². The van der Waals surface area contributed by atoms with Crippen molar-refractivity contribution in [3.8, 4) is 0 Å². The average molecular weight is 338 g/mol. The zero-order valence-corrected chi connectivity index (χ0v) is 14.0. The van der Waals surface area contributed by atoms with Crippen molar-refractivity contribution in [1.82, 2.24) is 0 Å². The van der Waals surface area contributed by atoms with Gasteiger partial charge in [-0.15, -0.1) is 0 Å². The molecule has 0 atom stereocenters. The highest BCUT2D eigenvalue weighted by Gasteiger charge is 2.36. The molecule has 0 spiro atoms. The molecule has 0 unspecified atom stereocenters. The summed E-state index contributed by atoms with van der Waals surface area (Å²) in [7, 11) is -3.38. The smallest absolute Gasteiger partial charge is 0.232 e. The highest BCUT2D eigenvalue weighted by Crippen LogP contribution is 2.38. The van der Waals surface area contributed by atoms with Crippen molar-refractivity contribution >= 4 is 27.3 Å². The molecule has 1 aliphatic heterocycles. The van der Waals surface area contributed by atoms with E-state index in [9.17, 15) is 13.2 Å². The Morgan fingerprint density at radius 2 is 1.83 bits per heavy atom. The molecule has 1 N–H and O–H groups in total. The number of carbonyl (C=O) groups is 1. The van der Waals surface area contributed by atoms with E-state index in [-0.39, 0.29) is 17.9 Å². The SMILES string of the molecule is CS(=O)(=O)N(c1ccccc1NC(=O)C1CCOCC1)C1CC1. The van der Waals surface area contributed by atoms with Gasteiger partial charge in [-0.1, -0.05) is 12.1 Å². The minimum absolute atomic E-state index is 0.00568. The van der Waals surface area contributed by atoms with Gasteiger partial charge in [0, 0.05) is 25.2 Å². The summed E-state index contributed by atoms with van der Waals surface area (Å²) in [6.07, 6.45) is 4.33. The summed E-state index contributed by atoms with van der Waals surface area (Å²) in [6, 6.07) is 7.11. The van der Waals surface area contributed by atoms with Crippen LogP contribution in [0.3, 0.4) is 0 Å². The molecule has 1 saturated carbocycles. The van der Waals surface area contributed by atoms with Crippen molar-refractivity contribution in [2.45, 2.75) is 31.7 Å². The van der Waals surface area contributed by atoms with Crippen LogP contribution in [0.25, 0.3) is 0 Å². The lowest BCUT2D eigenvalue weighted by molar-refractivity contribution is -0.122. The quantitative estimate of drug-likeness (QED) is 0.891. The monoisotopic (exact) mass is 338 g/mol. The predicted molar refractivity (Wildman–Crippen MR) is 89.0 cm³/mol. The fraction of sp³-hybridized carbons (Fsp3) is 0.562. The molecular formula is C16H22N2O4S. The van der Waals surface area contributed by atoms with Gasteiger partial charge in [0.15, 0.2) is 0 Å². The van der Waals surface area contributed by atoms with Crippen LogP contribution in [-0.4, -0.2) is 39.8 Å². The summed E-state index contributed by atoms with van der Waals surface area (Å²) in [6.45, 7) is 1.19. The van der Waals surface area contributed by atoms with Crippen molar-refractivity contribution in [3.05, 3.63) is 24.3 Å². The Balaban J connectivity index is 1.84. The number of nitrogens with zero attached hydrogens (tertiary/aromatic N) is 1. The molecule has 1 saturated heterocycles. The van der Waals surface area contributed by atoms with E-state index in [1.54, 1.807) is 24.3 Å². The third-order valence-corrected chi connectivity index (χ3v) is 5.44. The molecule has 126 valence electrons. The van der Waals surface area contributed by atoms with Crippen molar-refractivity contribution in [2.75, 3.05) is 29.1 Å². The Morgan fingerprint density at radius 3 is 2.43 bits per heavy atom. The Morgan fingerprint density at radius 1 is 1.17 bits per heavy atom. The van der Waals surface area contributed by atoms with E-state index in [1.165, 1.54) is 10.6 Å².